The van der Waals surface area contributed by atoms with Gasteiger partial charge >= 0.3 is 0 Å². The highest BCUT2D eigenvalue weighted by Crippen LogP contribution is 2.33. The molecule has 1 aliphatic rings. The van der Waals surface area contributed by atoms with Crippen LogP contribution in [0.5, 0.6) is 17.2 Å². The third kappa shape index (κ3) is 3.64. The molecule has 0 aromatic heterocycles. The molecule has 2 aromatic rings. The number of amides is 2. The quantitative estimate of drug-likeness (QED) is 0.760. The van der Waals surface area contributed by atoms with Gasteiger partial charge in [-0.1, -0.05) is 0 Å². The Kier molecular flexibility index (Phi) is 4.71. The Hall–Kier alpha value is -3.26. The Morgan fingerprint density at radius 2 is 1.92 bits per heavy atom. The van der Waals surface area contributed by atoms with Gasteiger partial charge in [0, 0.05) is 11.3 Å². The van der Waals surface area contributed by atoms with Gasteiger partial charge in [0.2, 0.25) is 12.7 Å². The van der Waals surface area contributed by atoms with Gasteiger partial charge in [-0.25, -0.2) is 0 Å². The molecule has 0 saturated carbocycles. The Labute approximate surface area is 143 Å². The summed E-state index contributed by atoms with van der Waals surface area (Å²) in [6.07, 6.45) is 0. The zero-order chi connectivity index (χ0) is 17.8. The molecular formula is C17H17N3O5. The van der Waals surface area contributed by atoms with Gasteiger partial charge in [0.05, 0.1) is 19.3 Å². The Morgan fingerprint density at radius 3 is 2.68 bits per heavy atom. The molecule has 1 aliphatic heterocycles. The van der Waals surface area contributed by atoms with Crippen LogP contribution < -0.4 is 30.6 Å². The summed E-state index contributed by atoms with van der Waals surface area (Å²) in [6.45, 7) is -0.0139. The molecule has 1 heterocycles. The summed E-state index contributed by atoms with van der Waals surface area (Å²) in [5.74, 6) is 0.908. The van der Waals surface area contributed by atoms with E-state index in [1.807, 2.05) is 0 Å². The fourth-order valence-electron chi connectivity index (χ4n) is 2.33. The van der Waals surface area contributed by atoms with Crippen LogP contribution in [0.25, 0.3) is 0 Å². The maximum atomic E-state index is 12.4. The molecule has 0 unspecified atom stereocenters. The Bertz CT molecular complexity index is 822. The monoisotopic (exact) mass is 343 g/mol. The number of nitrogens with one attached hydrogen (secondary N) is 2. The molecule has 2 aromatic carbocycles. The first-order valence-corrected chi connectivity index (χ1v) is 7.49. The molecule has 0 fully saturated rings. The van der Waals surface area contributed by atoms with Crippen LogP contribution in [0, 0.1) is 0 Å². The van der Waals surface area contributed by atoms with Crippen LogP contribution in [-0.2, 0) is 4.79 Å². The molecular weight excluding hydrogens is 326 g/mol. The van der Waals surface area contributed by atoms with E-state index in [-0.39, 0.29) is 25.2 Å². The molecule has 8 nitrogen and oxygen atoms in total. The number of nitrogens with two attached hydrogens (primary N) is 1. The lowest BCUT2D eigenvalue weighted by Crippen LogP contribution is -2.22. The predicted octanol–water partition coefficient (Wildman–Crippen LogP) is 1.57. The molecule has 0 atom stereocenters. The van der Waals surface area contributed by atoms with Crippen LogP contribution in [0.4, 0.5) is 11.4 Å². The summed E-state index contributed by atoms with van der Waals surface area (Å²) in [7, 11) is 1.48. The van der Waals surface area contributed by atoms with Crippen molar-refractivity contribution < 1.29 is 23.8 Å². The van der Waals surface area contributed by atoms with Crippen LogP contribution in [0.3, 0.4) is 0 Å². The maximum Gasteiger partial charge on any atom is 0.255 e. The van der Waals surface area contributed by atoms with Crippen LogP contribution in [0.2, 0.25) is 0 Å². The zero-order valence-corrected chi connectivity index (χ0v) is 13.5. The lowest BCUT2D eigenvalue weighted by atomic mass is 10.1. The van der Waals surface area contributed by atoms with Gasteiger partial charge in [0.25, 0.3) is 5.91 Å². The lowest BCUT2D eigenvalue weighted by molar-refractivity contribution is -0.114. The second-order valence-electron chi connectivity index (χ2n) is 5.19. The van der Waals surface area contributed by atoms with Crippen molar-refractivity contribution in [1.82, 2.24) is 0 Å². The van der Waals surface area contributed by atoms with Crippen molar-refractivity contribution in [2.24, 2.45) is 5.73 Å². The fourth-order valence-corrected chi connectivity index (χ4v) is 2.33. The van der Waals surface area contributed by atoms with Crippen molar-refractivity contribution in [2.45, 2.75) is 0 Å². The molecule has 8 heteroatoms. The number of hydrogen-bond acceptors (Lipinski definition) is 6. The summed E-state index contributed by atoms with van der Waals surface area (Å²) in [5.41, 5.74) is 6.64. The minimum absolute atomic E-state index is 0.142. The van der Waals surface area contributed by atoms with Crippen LogP contribution in [0.1, 0.15) is 10.4 Å². The molecule has 0 radical (unpaired) electrons. The van der Waals surface area contributed by atoms with Crippen molar-refractivity contribution in [3.8, 4) is 17.2 Å². The smallest absolute Gasteiger partial charge is 0.255 e. The number of methoxy groups -OCH3 is 1. The number of anilines is 2. The maximum absolute atomic E-state index is 12.4. The zero-order valence-electron chi connectivity index (χ0n) is 13.5. The Balaban J connectivity index is 1.78. The average molecular weight is 343 g/mol. The first-order valence-electron chi connectivity index (χ1n) is 7.49. The van der Waals surface area contributed by atoms with E-state index < -0.39 is 0 Å². The predicted molar refractivity (Wildman–Crippen MR) is 91.2 cm³/mol. The molecule has 0 saturated heterocycles. The second kappa shape index (κ2) is 7.10. The third-order valence-corrected chi connectivity index (χ3v) is 3.55. The van der Waals surface area contributed by atoms with Crippen LogP contribution in [0.15, 0.2) is 36.4 Å². The molecule has 0 aliphatic carbocycles. The van der Waals surface area contributed by atoms with E-state index in [1.54, 1.807) is 36.4 Å². The van der Waals surface area contributed by atoms with Gasteiger partial charge in [-0.2, -0.15) is 0 Å². The van der Waals surface area contributed by atoms with Crippen LogP contribution in [-0.4, -0.2) is 32.3 Å². The van der Waals surface area contributed by atoms with E-state index in [1.165, 1.54) is 7.11 Å². The largest absolute Gasteiger partial charge is 0.495 e. The standard InChI is InChI=1S/C17H17N3O5/c1-23-13-5-3-11(7-12(13)20-16(21)8-18)19-17(22)10-2-4-14-15(6-10)25-9-24-14/h2-7H,8-9,18H2,1H3,(H,19,22)(H,20,21). The minimum atomic E-state index is -0.363. The van der Waals surface area contributed by atoms with Crippen molar-refractivity contribution in [3.63, 3.8) is 0 Å². The van der Waals surface area contributed by atoms with E-state index >= 15 is 0 Å². The first kappa shape index (κ1) is 16.6. The van der Waals surface area contributed by atoms with E-state index in [0.717, 1.165) is 0 Å². The number of carbonyl (C=O) groups is 2. The molecule has 130 valence electrons. The molecule has 0 bridgehead atoms. The van der Waals surface area contributed by atoms with Crippen molar-refractivity contribution in [2.75, 3.05) is 31.1 Å². The van der Waals surface area contributed by atoms with Gasteiger partial charge in [0.1, 0.15) is 5.75 Å². The summed E-state index contributed by atoms with van der Waals surface area (Å²) >= 11 is 0. The van der Waals surface area contributed by atoms with Crippen molar-refractivity contribution in [1.29, 1.82) is 0 Å². The van der Waals surface area contributed by atoms with Crippen molar-refractivity contribution >= 4 is 23.2 Å². The number of benzene rings is 2. The summed E-state index contributed by atoms with van der Waals surface area (Å²) in [6, 6.07) is 9.83. The highest BCUT2D eigenvalue weighted by molar-refractivity contribution is 6.05. The van der Waals surface area contributed by atoms with Gasteiger partial charge in [-0.3, -0.25) is 9.59 Å². The third-order valence-electron chi connectivity index (χ3n) is 3.55. The number of fused-ring (bicyclic) bond motifs is 1. The summed E-state index contributed by atoms with van der Waals surface area (Å²) < 4.78 is 15.7. The summed E-state index contributed by atoms with van der Waals surface area (Å²) in [4.78, 5) is 23.9. The average Bonchev–Trinajstić information content (AvgIpc) is 3.09. The molecule has 25 heavy (non-hydrogen) atoms. The van der Waals surface area contributed by atoms with E-state index in [2.05, 4.69) is 10.6 Å². The number of ether oxygens (including phenoxy) is 3. The SMILES string of the molecule is COc1ccc(NC(=O)c2ccc3c(c2)OCO3)cc1NC(=O)CN. The minimum Gasteiger partial charge on any atom is -0.495 e. The first-order chi connectivity index (χ1) is 12.1. The van der Waals surface area contributed by atoms with Crippen molar-refractivity contribution in [3.05, 3.63) is 42.0 Å². The van der Waals surface area contributed by atoms with E-state index in [0.29, 0.717) is 34.2 Å². The number of hydrogen-bond donors (Lipinski definition) is 3. The summed E-state index contributed by atoms with van der Waals surface area (Å²) in [5, 5.41) is 5.38. The molecule has 3 rings (SSSR count). The van der Waals surface area contributed by atoms with Gasteiger partial charge in [-0.05, 0) is 36.4 Å². The highest BCUT2D eigenvalue weighted by atomic mass is 16.7. The van der Waals surface area contributed by atoms with E-state index in [4.69, 9.17) is 19.9 Å². The van der Waals surface area contributed by atoms with Gasteiger partial charge in [-0.15, -0.1) is 0 Å². The van der Waals surface area contributed by atoms with Crippen LogP contribution >= 0.6 is 0 Å². The second-order valence-corrected chi connectivity index (χ2v) is 5.19. The van der Waals surface area contributed by atoms with E-state index in [9.17, 15) is 9.59 Å². The number of rotatable bonds is 5. The normalized spacial score (nSPS) is 11.8. The topological polar surface area (TPSA) is 112 Å². The van der Waals surface area contributed by atoms with Gasteiger partial charge in [0.15, 0.2) is 11.5 Å². The lowest BCUT2D eigenvalue weighted by Gasteiger charge is -2.12. The number of carbonyl (C=O) groups excluding carboxylic acids is 2. The van der Waals surface area contributed by atoms with Gasteiger partial charge < -0.3 is 30.6 Å². The molecule has 4 N–H and O–H groups in total. The fraction of sp³-hybridized carbons (Fsp3) is 0.176. The molecule has 0 spiro atoms. The molecule has 2 amide bonds. The Morgan fingerprint density at radius 1 is 1.12 bits per heavy atom. The highest BCUT2D eigenvalue weighted by Gasteiger charge is 2.17.